The van der Waals surface area contributed by atoms with Crippen molar-refractivity contribution in [1.82, 2.24) is 77.8 Å². The largest absolute Gasteiger partial charge is 0.382 e. The number of aryl methyl sites for hydroxylation is 1. The Labute approximate surface area is 433 Å². The van der Waals surface area contributed by atoms with Gasteiger partial charge in [0.15, 0.2) is 11.6 Å². The predicted octanol–water partition coefficient (Wildman–Crippen LogP) is 6.57. The lowest BCUT2D eigenvalue weighted by molar-refractivity contribution is -0.133. The second-order valence-corrected chi connectivity index (χ2v) is 19.7. The lowest BCUT2D eigenvalue weighted by Gasteiger charge is -2.30. The number of pyridine rings is 1. The van der Waals surface area contributed by atoms with Crippen LogP contribution in [0.4, 0.5) is 11.6 Å². The highest BCUT2D eigenvalue weighted by Gasteiger charge is 2.28. The number of fused-ring (bicyclic) bond motifs is 4. The lowest BCUT2D eigenvalue weighted by atomic mass is 10.0. The van der Waals surface area contributed by atoms with Crippen LogP contribution in [0.5, 0.6) is 0 Å². The molecule has 1 atom stereocenters. The van der Waals surface area contributed by atoms with Crippen molar-refractivity contribution in [3.05, 3.63) is 127 Å². The minimum absolute atomic E-state index is 0.0737. The Balaban J connectivity index is 0.000000146. The van der Waals surface area contributed by atoms with Crippen molar-refractivity contribution < 1.29 is 14.3 Å². The van der Waals surface area contributed by atoms with Gasteiger partial charge in [-0.1, -0.05) is 24.3 Å². The van der Waals surface area contributed by atoms with E-state index in [2.05, 4.69) is 92.0 Å². The van der Waals surface area contributed by atoms with Crippen molar-refractivity contribution in [3.63, 3.8) is 0 Å². The highest BCUT2D eigenvalue weighted by Crippen LogP contribution is 2.40. The Morgan fingerprint density at radius 3 is 1.67 bits per heavy atom. The van der Waals surface area contributed by atoms with Crippen molar-refractivity contribution in [3.8, 4) is 50.7 Å². The zero-order valence-corrected chi connectivity index (χ0v) is 41.9. The van der Waals surface area contributed by atoms with Gasteiger partial charge in [-0.3, -0.25) is 23.6 Å². The van der Waals surface area contributed by atoms with Gasteiger partial charge in [-0.25, -0.2) is 23.7 Å². The molecule has 2 aromatic carbocycles. The Hall–Kier alpha value is -9.02. The average Bonchev–Trinajstić information content (AvgIpc) is 4.33. The number of anilines is 2. The van der Waals surface area contributed by atoms with Crippen molar-refractivity contribution in [2.45, 2.75) is 56.7 Å². The number of ether oxygens (including phenoxy) is 2. The molecule has 11 aromatic rings. The van der Waals surface area contributed by atoms with Crippen molar-refractivity contribution >= 4 is 50.4 Å². The van der Waals surface area contributed by atoms with Crippen molar-refractivity contribution in [1.29, 1.82) is 0 Å². The number of hydrogen-bond donors (Lipinski definition) is 2. The molecule has 9 aromatic heterocycles. The third-order valence-corrected chi connectivity index (χ3v) is 15.2. The average molecular weight is 1020 g/mol. The van der Waals surface area contributed by atoms with Crippen LogP contribution in [0.15, 0.2) is 121 Å². The van der Waals surface area contributed by atoms with Crippen LogP contribution in [0.3, 0.4) is 0 Å². The van der Waals surface area contributed by atoms with E-state index in [4.69, 9.17) is 26.0 Å². The van der Waals surface area contributed by atoms with Crippen LogP contribution in [0.1, 0.15) is 56.7 Å². The van der Waals surface area contributed by atoms with Gasteiger partial charge in [0.2, 0.25) is 11.5 Å². The van der Waals surface area contributed by atoms with Crippen LogP contribution in [0.25, 0.3) is 83.6 Å². The minimum atomic E-state index is -0.0737. The van der Waals surface area contributed by atoms with E-state index in [1.54, 1.807) is 34.8 Å². The Kier molecular flexibility index (Phi) is 11.7. The second-order valence-electron chi connectivity index (χ2n) is 19.7. The molecule has 1 amide bonds. The Bertz CT molecular complexity index is 4050. The first-order valence-electron chi connectivity index (χ1n) is 25.5. The summed E-state index contributed by atoms with van der Waals surface area (Å²) in [6, 6.07) is 24.7. The molecule has 3 aliphatic heterocycles. The number of likely N-dealkylation sites (tertiary alicyclic amines) is 1. The molecule has 0 saturated carbocycles. The van der Waals surface area contributed by atoms with E-state index in [9.17, 15) is 9.59 Å². The van der Waals surface area contributed by atoms with E-state index >= 15 is 0 Å². The third-order valence-electron chi connectivity index (χ3n) is 15.2. The van der Waals surface area contributed by atoms with Crippen LogP contribution >= 0.6 is 0 Å². The highest BCUT2D eigenvalue weighted by atomic mass is 16.5. The molecule has 14 rings (SSSR count). The number of hydrogen-bond acceptors (Lipinski definition) is 14. The number of nitrogens with zero attached hydrogens (tertiary/aromatic N) is 16. The van der Waals surface area contributed by atoms with Gasteiger partial charge in [-0.2, -0.15) is 30.6 Å². The third kappa shape index (κ3) is 8.12. The van der Waals surface area contributed by atoms with Gasteiger partial charge in [0.1, 0.15) is 23.7 Å². The molecule has 0 aliphatic carbocycles. The summed E-state index contributed by atoms with van der Waals surface area (Å²) < 4.78 is 24.5. The van der Waals surface area contributed by atoms with E-state index in [0.29, 0.717) is 24.6 Å². The number of nitrogen functional groups attached to an aromatic ring is 2. The summed E-state index contributed by atoms with van der Waals surface area (Å²) in [6.07, 6.45) is 17.1. The molecule has 0 spiro atoms. The summed E-state index contributed by atoms with van der Waals surface area (Å²) in [6.45, 7) is 3.56. The van der Waals surface area contributed by atoms with Crippen LogP contribution in [0.2, 0.25) is 0 Å². The number of likely N-dealkylation sites (N-methyl/N-ethyl adjacent to an activating group) is 1. The number of rotatable bonds is 8. The number of amides is 1. The van der Waals surface area contributed by atoms with E-state index in [1.807, 2.05) is 63.7 Å². The minimum Gasteiger partial charge on any atom is -0.382 e. The highest BCUT2D eigenvalue weighted by molar-refractivity contribution is 5.94. The van der Waals surface area contributed by atoms with Gasteiger partial charge < -0.3 is 30.4 Å². The first-order chi connectivity index (χ1) is 37.2. The molecule has 0 radical (unpaired) electrons. The molecular formula is C54H54N18O4. The monoisotopic (exact) mass is 1020 g/mol. The number of benzene rings is 2. The molecule has 3 fully saturated rings. The molecule has 12 heterocycles. The summed E-state index contributed by atoms with van der Waals surface area (Å²) in [7, 11) is 3.58. The predicted molar refractivity (Wildman–Crippen MR) is 285 cm³/mol. The number of nitrogens with two attached hydrogens (primary N) is 2. The van der Waals surface area contributed by atoms with Crippen LogP contribution < -0.4 is 17.0 Å². The van der Waals surface area contributed by atoms with Crippen LogP contribution in [0, 0.1) is 0 Å². The fraction of sp³-hybridized carbons (Fsp3) is 0.296. The van der Waals surface area contributed by atoms with Gasteiger partial charge in [-0.15, -0.1) is 0 Å². The van der Waals surface area contributed by atoms with E-state index in [1.165, 1.54) is 12.7 Å². The zero-order valence-electron chi connectivity index (χ0n) is 41.9. The van der Waals surface area contributed by atoms with Crippen molar-refractivity contribution in [2.24, 2.45) is 7.05 Å². The zero-order chi connectivity index (χ0) is 51.6. The second kappa shape index (κ2) is 19.0. The lowest BCUT2D eigenvalue weighted by Crippen LogP contribution is -2.38. The molecule has 1 unspecified atom stereocenters. The molecule has 4 N–H and O–H groups in total. The van der Waals surface area contributed by atoms with Crippen LogP contribution in [-0.2, 0) is 21.3 Å². The summed E-state index contributed by atoms with van der Waals surface area (Å²) in [5, 5.41) is 29.8. The van der Waals surface area contributed by atoms with Gasteiger partial charge in [-0.05, 0) is 74.6 Å². The van der Waals surface area contributed by atoms with Gasteiger partial charge >= 0.3 is 0 Å². The van der Waals surface area contributed by atoms with Gasteiger partial charge in [0.05, 0.1) is 70.0 Å². The maximum absolute atomic E-state index is 12.0. The van der Waals surface area contributed by atoms with Gasteiger partial charge in [0.25, 0.3) is 0 Å². The smallest absolute Gasteiger partial charge is 0.250 e. The quantitative estimate of drug-likeness (QED) is 0.164. The SMILES string of the molecule is CN1CC(n2ncc3ccc(-c4cc(-c5ccnn5C5CCOCC5)c5c(N)ncnn45)cc32)CCC1=O.Cn1cc(-n2ncc3ccc(-c4cc(-c5ccnn5C5CCOCC5)c5c(N)ncnn45)cc32)ccc1=O. The summed E-state index contributed by atoms with van der Waals surface area (Å²) in [5.74, 6) is 1.00. The molecular weight excluding hydrogens is 965 g/mol. The number of aromatic nitrogens is 15. The molecule has 22 heteroatoms. The normalized spacial score (nSPS) is 16.8. The first kappa shape index (κ1) is 46.7. The maximum Gasteiger partial charge on any atom is 0.250 e. The molecule has 384 valence electrons. The summed E-state index contributed by atoms with van der Waals surface area (Å²) in [4.78, 5) is 34.4. The topological polar surface area (TPSA) is 244 Å². The molecule has 76 heavy (non-hydrogen) atoms. The fourth-order valence-electron chi connectivity index (χ4n) is 11.2. The fourth-order valence-corrected chi connectivity index (χ4v) is 11.2. The standard InChI is InChI=1S/C27H29N9O2.C27H25N9O2/c2*1-33-15-20(4-5-25(33)37)35-23-12-17(2-3-18(23)14-31-35)24-13-21(26-27(28)29-16-32-36(24)26)22-6-9-30-34(22)19-7-10-38-11-8-19/h2-3,6,9,12-14,16,19-20H,4-5,7-8,10-11,15H2,1H3,(H2,28,29,32);2-6,9,12-16,19H,7-8,10-11H2,1H3,(H2,28,29,32). The van der Waals surface area contributed by atoms with E-state index < -0.39 is 0 Å². The summed E-state index contributed by atoms with van der Waals surface area (Å²) >= 11 is 0. The number of carbonyl (C=O) groups is 1. The molecule has 0 bridgehead atoms. The van der Waals surface area contributed by atoms with E-state index in [-0.39, 0.29) is 29.6 Å². The van der Waals surface area contributed by atoms with Crippen LogP contribution in [-0.4, -0.2) is 124 Å². The number of piperidine rings is 1. The summed E-state index contributed by atoms with van der Waals surface area (Å²) in [5.41, 5.74) is 24.6. The Morgan fingerprint density at radius 2 is 1.11 bits per heavy atom. The Morgan fingerprint density at radius 1 is 0.553 bits per heavy atom. The molecule has 22 nitrogen and oxygen atoms in total. The first-order valence-corrected chi connectivity index (χ1v) is 25.5. The number of carbonyl (C=O) groups excluding carboxylic acids is 1. The molecule has 3 saturated heterocycles. The van der Waals surface area contributed by atoms with Crippen molar-refractivity contribution in [2.75, 3.05) is 51.5 Å². The van der Waals surface area contributed by atoms with E-state index in [0.717, 1.165) is 142 Å². The van der Waals surface area contributed by atoms with Gasteiger partial charge in [0, 0.05) is 111 Å². The maximum atomic E-state index is 12.0. The molecule has 3 aliphatic rings.